The SMILES string of the molecule is COC(=O)c1ccc(-n2c(C)cc(OCc3ccc(F)cc3F)c(Br)c2=O)c(C)c1. The first-order chi connectivity index (χ1) is 14.2. The van der Waals surface area contributed by atoms with E-state index in [9.17, 15) is 18.4 Å². The standard InChI is InChI=1S/C22H18BrF2NO4/c1-12-8-14(22(28)29-3)5-7-18(12)26-13(2)9-19(20(23)21(26)27)30-11-15-4-6-16(24)10-17(15)25/h4-10H,11H2,1-3H3. The Morgan fingerprint density at radius 2 is 1.83 bits per heavy atom. The summed E-state index contributed by atoms with van der Waals surface area (Å²) in [5.41, 5.74) is 2.05. The summed E-state index contributed by atoms with van der Waals surface area (Å²) in [5.74, 6) is -1.63. The van der Waals surface area contributed by atoms with Gasteiger partial charge in [-0.05, 0) is 65.7 Å². The van der Waals surface area contributed by atoms with Gasteiger partial charge in [0.25, 0.3) is 5.56 Å². The highest BCUT2D eigenvalue weighted by atomic mass is 79.9. The second-order valence-corrected chi connectivity index (χ2v) is 7.41. The van der Waals surface area contributed by atoms with Gasteiger partial charge in [-0.1, -0.05) is 0 Å². The highest BCUT2D eigenvalue weighted by Crippen LogP contribution is 2.26. The first-order valence-electron chi connectivity index (χ1n) is 8.91. The number of nitrogens with zero attached hydrogens (tertiary/aromatic N) is 1. The van der Waals surface area contributed by atoms with Gasteiger partial charge in [0, 0.05) is 23.4 Å². The van der Waals surface area contributed by atoms with Gasteiger partial charge in [0.05, 0.1) is 18.4 Å². The van der Waals surface area contributed by atoms with Crippen LogP contribution in [-0.4, -0.2) is 17.6 Å². The van der Waals surface area contributed by atoms with Gasteiger partial charge in [0.15, 0.2) is 0 Å². The summed E-state index contributed by atoms with van der Waals surface area (Å²) in [5, 5.41) is 0. The van der Waals surface area contributed by atoms with Crippen LogP contribution in [0.1, 0.15) is 27.2 Å². The minimum atomic E-state index is -0.725. The van der Waals surface area contributed by atoms with Gasteiger partial charge in [-0.3, -0.25) is 9.36 Å². The summed E-state index contributed by atoms with van der Waals surface area (Å²) in [4.78, 5) is 24.7. The number of esters is 1. The molecule has 0 unspecified atom stereocenters. The van der Waals surface area contributed by atoms with Gasteiger partial charge >= 0.3 is 5.97 Å². The number of carbonyl (C=O) groups excluding carboxylic acids is 1. The van der Waals surface area contributed by atoms with Gasteiger partial charge in [-0.2, -0.15) is 0 Å². The molecule has 0 amide bonds. The predicted molar refractivity (Wildman–Crippen MR) is 111 cm³/mol. The van der Waals surface area contributed by atoms with E-state index in [0.717, 1.165) is 12.1 Å². The first-order valence-corrected chi connectivity index (χ1v) is 9.70. The van der Waals surface area contributed by atoms with E-state index >= 15 is 0 Å². The molecule has 0 aliphatic carbocycles. The zero-order valence-corrected chi connectivity index (χ0v) is 18.0. The third-order valence-electron chi connectivity index (χ3n) is 4.56. The van der Waals surface area contributed by atoms with Crippen LogP contribution in [0, 0.1) is 25.5 Å². The summed E-state index contributed by atoms with van der Waals surface area (Å²) >= 11 is 3.25. The lowest BCUT2D eigenvalue weighted by atomic mass is 10.1. The largest absolute Gasteiger partial charge is 0.487 e. The maximum absolute atomic E-state index is 13.8. The average Bonchev–Trinajstić information content (AvgIpc) is 2.71. The van der Waals surface area contributed by atoms with Crippen LogP contribution in [0.4, 0.5) is 8.78 Å². The molecule has 156 valence electrons. The molecule has 0 saturated heterocycles. The zero-order valence-electron chi connectivity index (χ0n) is 16.5. The average molecular weight is 478 g/mol. The Morgan fingerprint density at radius 3 is 2.47 bits per heavy atom. The maximum Gasteiger partial charge on any atom is 0.337 e. The van der Waals surface area contributed by atoms with Gasteiger partial charge in [-0.25, -0.2) is 13.6 Å². The normalized spacial score (nSPS) is 10.7. The molecule has 0 fully saturated rings. The Kier molecular flexibility index (Phi) is 6.36. The fraction of sp³-hybridized carbons (Fsp3) is 0.182. The Hall–Kier alpha value is -3.00. The van der Waals surface area contributed by atoms with Crippen molar-refractivity contribution >= 4 is 21.9 Å². The van der Waals surface area contributed by atoms with Crippen molar-refractivity contribution in [3.05, 3.63) is 91.3 Å². The van der Waals surface area contributed by atoms with E-state index in [1.165, 1.54) is 17.7 Å². The fourth-order valence-corrected chi connectivity index (χ4v) is 3.44. The third kappa shape index (κ3) is 4.28. The van der Waals surface area contributed by atoms with Crippen LogP contribution in [0.5, 0.6) is 5.75 Å². The van der Waals surface area contributed by atoms with Crippen LogP contribution in [0.2, 0.25) is 0 Å². The van der Waals surface area contributed by atoms with Gasteiger partial charge in [0.2, 0.25) is 0 Å². The molecule has 3 rings (SSSR count). The molecule has 0 aliphatic heterocycles. The number of hydrogen-bond donors (Lipinski definition) is 0. The number of rotatable bonds is 5. The van der Waals surface area contributed by atoms with E-state index < -0.39 is 17.6 Å². The van der Waals surface area contributed by atoms with E-state index in [0.29, 0.717) is 22.5 Å². The van der Waals surface area contributed by atoms with Gasteiger partial charge in [-0.15, -0.1) is 0 Å². The molecule has 30 heavy (non-hydrogen) atoms. The Balaban J connectivity index is 1.95. The second kappa shape index (κ2) is 8.79. The molecule has 8 heteroatoms. The number of hydrogen-bond acceptors (Lipinski definition) is 4. The molecule has 5 nitrogen and oxygen atoms in total. The molecule has 2 aromatic carbocycles. The van der Waals surface area contributed by atoms with Crippen LogP contribution in [-0.2, 0) is 11.3 Å². The second-order valence-electron chi connectivity index (χ2n) is 6.62. The van der Waals surface area contributed by atoms with Crippen LogP contribution in [0.15, 0.2) is 51.7 Å². The number of benzene rings is 2. The minimum Gasteiger partial charge on any atom is -0.487 e. The minimum absolute atomic E-state index is 0.159. The van der Waals surface area contributed by atoms with Crippen molar-refractivity contribution in [2.75, 3.05) is 7.11 Å². The zero-order chi connectivity index (χ0) is 22.0. The monoisotopic (exact) mass is 477 g/mol. The van der Waals surface area contributed by atoms with Crippen molar-refractivity contribution in [3.8, 4) is 11.4 Å². The summed E-state index contributed by atoms with van der Waals surface area (Å²) in [6.45, 7) is 3.34. The van der Waals surface area contributed by atoms with Crippen molar-refractivity contribution in [2.45, 2.75) is 20.5 Å². The lowest BCUT2D eigenvalue weighted by Gasteiger charge is -2.17. The molecule has 0 radical (unpaired) electrons. The van der Waals surface area contributed by atoms with Crippen LogP contribution >= 0.6 is 15.9 Å². The van der Waals surface area contributed by atoms with Crippen molar-refractivity contribution in [3.63, 3.8) is 0 Å². The maximum atomic E-state index is 13.8. The molecule has 1 aromatic heterocycles. The third-order valence-corrected chi connectivity index (χ3v) is 5.29. The van der Waals surface area contributed by atoms with Gasteiger partial charge in [0.1, 0.15) is 28.5 Å². The van der Waals surface area contributed by atoms with Crippen LogP contribution < -0.4 is 10.3 Å². The van der Waals surface area contributed by atoms with E-state index in [4.69, 9.17) is 9.47 Å². The Morgan fingerprint density at radius 1 is 1.10 bits per heavy atom. The van der Waals surface area contributed by atoms with E-state index in [-0.39, 0.29) is 28.0 Å². The van der Waals surface area contributed by atoms with Gasteiger partial charge < -0.3 is 9.47 Å². The van der Waals surface area contributed by atoms with E-state index in [2.05, 4.69) is 15.9 Å². The molecule has 0 aliphatic rings. The summed E-state index contributed by atoms with van der Waals surface area (Å²) in [6.07, 6.45) is 0. The topological polar surface area (TPSA) is 57.5 Å². The molecule has 0 saturated carbocycles. The quantitative estimate of drug-likeness (QED) is 0.492. The number of ether oxygens (including phenoxy) is 2. The fourth-order valence-electron chi connectivity index (χ4n) is 3.03. The Bertz CT molecular complexity index is 1190. The van der Waals surface area contributed by atoms with Crippen molar-refractivity contribution < 1.29 is 23.0 Å². The number of pyridine rings is 1. The number of halogens is 3. The molecule has 0 N–H and O–H groups in total. The molecule has 0 spiro atoms. The molecule has 3 aromatic rings. The molecule has 0 bridgehead atoms. The number of methoxy groups -OCH3 is 1. The lowest BCUT2D eigenvalue weighted by molar-refractivity contribution is 0.0600. The Labute approximate surface area is 180 Å². The van der Waals surface area contributed by atoms with E-state index in [1.54, 1.807) is 38.1 Å². The van der Waals surface area contributed by atoms with Crippen molar-refractivity contribution in [2.24, 2.45) is 0 Å². The molecular weight excluding hydrogens is 460 g/mol. The van der Waals surface area contributed by atoms with Crippen LogP contribution in [0.25, 0.3) is 5.69 Å². The molecular formula is C22H18BrF2NO4. The smallest absolute Gasteiger partial charge is 0.337 e. The highest BCUT2D eigenvalue weighted by molar-refractivity contribution is 9.10. The molecule has 0 atom stereocenters. The highest BCUT2D eigenvalue weighted by Gasteiger charge is 2.17. The first kappa shape index (κ1) is 21.7. The number of aromatic nitrogens is 1. The van der Waals surface area contributed by atoms with Crippen LogP contribution in [0.3, 0.4) is 0 Å². The number of carbonyl (C=O) groups is 1. The predicted octanol–water partition coefficient (Wildman–Crippen LogP) is 4.86. The number of aryl methyl sites for hydroxylation is 2. The lowest BCUT2D eigenvalue weighted by Crippen LogP contribution is -2.23. The van der Waals surface area contributed by atoms with Crippen molar-refractivity contribution in [1.29, 1.82) is 0 Å². The van der Waals surface area contributed by atoms with E-state index in [1.807, 2.05) is 0 Å². The summed E-state index contributed by atoms with van der Waals surface area (Å²) in [7, 11) is 1.30. The van der Waals surface area contributed by atoms with Crippen molar-refractivity contribution in [1.82, 2.24) is 4.57 Å². The molecule has 1 heterocycles. The summed E-state index contributed by atoms with van der Waals surface area (Å²) in [6, 6.07) is 9.73. The summed E-state index contributed by atoms with van der Waals surface area (Å²) < 4.78 is 38.8.